The number of aliphatic hydroxyl groups excluding tert-OH is 1. The van der Waals surface area contributed by atoms with Gasteiger partial charge in [0.05, 0.1) is 14.2 Å². The van der Waals surface area contributed by atoms with Crippen molar-refractivity contribution >= 4 is 0 Å². The average Bonchev–Trinajstić information content (AvgIpc) is 2.68. The van der Waals surface area contributed by atoms with Crippen LogP contribution in [0, 0.1) is 0 Å². The predicted molar refractivity (Wildman–Crippen MR) is 96.3 cm³/mol. The molecule has 1 aromatic carbocycles. The first-order chi connectivity index (χ1) is 11.7. The normalized spacial score (nSPS) is 21.8. The van der Waals surface area contributed by atoms with E-state index in [0.29, 0.717) is 6.42 Å². The van der Waals surface area contributed by atoms with Crippen molar-refractivity contribution < 1.29 is 14.6 Å². The van der Waals surface area contributed by atoms with Crippen molar-refractivity contribution in [1.82, 2.24) is 0 Å². The van der Waals surface area contributed by atoms with Gasteiger partial charge in [-0.05, 0) is 42.5 Å². The van der Waals surface area contributed by atoms with Gasteiger partial charge in [-0.15, -0.1) is 0 Å². The molecule has 1 saturated carbocycles. The van der Waals surface area contributed by atoms with Gasteiger partial charge in [0.1, 0.15) is 5.75 Å². The molecule has 24 heavy (non-hydrogen) atoms. The van der Waals surface area contributed by atoms with Crippen LogP contribution >= 0.6 is 0 Å². The fourth-order valence-electron chi connectivity index (χ4n) is 4.00. The molecule has 0 aromatic heterocycles. The topological polar surface area (TPSA) is 38.7 Å². The fraction of sp³-hybridized carbons (Fsp3) is 0.429. The van der Waals surface area contributed by atoms with Crippen molar-refractivity contribution in [3.63, 3.8) is 0 Å². The lowest BCUT2D eigenvalue weighted by atomic mass is 9.64. The van der Waals surface area contributed by atoms with Crippen LogP contribution in [-0.4, -0.2) is 19.3 Å². The van der Waals surface area contributed by atoms with E-state index in [1.54, 1.807) is 7.11 Å². The van der Waals surface area contributed by atoms with Gasteiger partial charge in [0.2, 0.25) is 0 Å². The van der Waals surface area contributed by atoms with Crippen molar-refractivity contribution in [1.29, 1.82) is 0 Å². The summed E-state index contributed by atoms with van der Waals surface area (Å²) in [5.41, 5.74) is 3.64. The molecule has 0 bridgehead atoms. The van der Waals surface area contributed by atoms with Gasteiger partial charge in [0.15, 0.2) is 0 Å². The zero-order valence-electron chi connectivity index (χ0n) is 14.5. The molecule has 2 aliphatic carbocycles. The smallest absolute Gasteiger partial charge is 0.279 e. The van der Waals surface area contributed by atoms with Crippen LogP contribution in [0.5, 0.6) is 5.75 Å². The largest absolute Gasteiger partial charge is 0.497 e. The molecule has 0 amide bonds. The molecule has 1 fully saturated rings. The van der Waals surface area contributed by atoms with E-state index in [-0.39, 0.29) is 11.4 Å². The van der Waals surface area contributed by atoms with Crippen LogP contribution in [0.3, 0.4) is 0 Å². The highest BCUT2D eigenvalue weighted by atomic mass is 16.6. The van der Waals surface area contributed by atoms with Crippen LogP contribution in [0.15, 0.2) is 59.6 Å². The minimum absolute atomic E-state index is 0.0173. The Morgan fingerprint density at radius 3 is 2.25 bits per heavy atom. The van der Waals surface area contributed by atoms with E-state index in [2.05, 4.69) is 36.4 Å². The van der Waals surface area contributed by atoms with Crippen molar-refractivity contribution in [2.75, 3.05) is 14.2 Å². The van der Waals surface area contributed by atoms with Crippen LogP contribution in [-0.2, 0) is 10.2 Å². The molecule has 0 unspecified atom stereocenters. The molecular weight excluding hydrogens is 300 g/mol. The van der Waals surface area contributed by atoms with Crippen molar-refractivity contribution in [2.24, 2.45) is 0 Å². The van der Waals surface area contributed by atoms with E-state index in [1.165, 1.54) is 50.4 Å². The number of ether oxygens (including phenoxy) is 2. The molecular formula is C21H26O3. The summed E-state index contributed by atoms with van der Waals surface area (Å²) in [5.74, 6) is 0.914. The maximum absolute atomic E-state index is 9.78. The Labute approximate surface area is 144 Å². The molecule has 0 heterocycles. The van der Waals surface area contributed by atoms with E-state index in [1.807, 2.05) is 6.08 Å². The highest BCUT2D eigenvalue weighted by molar-refractivity contribution is 5.48. The van der Waals surface area contributed by atoms with Crippen LogP contribution in [0.25, 0.3) is 0 Å². The number of rotatable bonds is 4. The number of hydrogen-bond donors (Lipinski definition) is 1. The fourth-order valence-corrected chi connectivity index (χ4v) is 4.00. The lowest BCUT2D eigenvalue weighted by Gasteiger charge is -2.40. The van der Waals surface area contributed by atoms with E-state index in [0.717, 1.165) is 11.3 Å². The number of methoxy groups -OCH3 is 2. The molecule has 2 aliphatic rings. The minimum Gasteiger partial charge on any atom is -0.497 e. The Hall–Kier alpha value is -2.16. The van der Waals surface area contributed by atoms with Gasteiger partial charge in [-0.2, -0.15) is 0 Å². The minimum atomic E-state index is 0.0173. The summed E-state index contributed by atoms with van der Waals surface area (Å²) in [6, 6.07) is 8.52. The number of benzene rings is 1. The van der Waals surface area contributed by atoms with Gasteiger partial charge in [0.25, 0.3) is 5.95 Å². The Morgan fingerprint density at radius 1 is 1.00 bits per heavy atom. The van der Waals surface area contributed by atoms with Gasteiger partial charge in [0, 0.05) is 11.0 Å². The molecule has 0 aliphatic heterocycles. The summed E-state index contributed by atoms with van der Waals surface area (Å²) in [7, 11) is 3.20. The second-order valence-electron chi connectivity index (χ2n) is 6.60. The second kappa shape index (κ2) is 7.16. The standard InChI is InChI=1S/C21H26O3/c1-23-19-12-10-18(11-13-19)21(14-4-3-5-15-21)17-8-6-16(7-9-17)20(22)24-2/h6,8-13,22H,3-5,7,14-15H2,1-2H3. The Balaban J connectivity index is 1.95. The van der Waals surface area contributed by atoms with Crippen molar-refractivity contribution in [3.05, 3.63) is 65.1 Å². The summed E-state index contributed by atoms with van der Waals surface area (Å²) in [5, 5.41) is 9.78. The van der Waals surface area contributed by atoms with Crippen LogP contribution in [0.1, 0.15) is 44.1 Å². The molecule has 3 nitrogen and oxygen atoms in total. The molecule has 0 spiro atoms. The first-order valence-electron chi connectivity index (χ1n) is 8.69. The molecule has 0 saturated heterocycles. The van der Waals surface area contributed by atoms with Gasteiger partial charge < -0.3 is 14.6 Å². The van der Waals surface area contributed by atoms with E-state index in [9.17, 15) is 5.11 Å². The van der Waals surface area contributed by atoms with Crippen molar-refractivity contribution in [3.8, 4) is 5.75 Å². The van der Waals surface area contributed by atoms with Gasteiger partial charge >= 0.3 is 0 Å². The summed E-state index contributed by atoms with van der Waals surface area (Å²) < 4.78 is 10.3. The number of allylic oxidation sites excluding steroid dienone is 5. The van der Waals surface area contributed by atoms with E-state index >= 15 is 0 Å². The molecule has 3 heteroatoms. The van der Waals surface area contributed by atoms with Gasteiger partial charge in [-0.1, -0.05) is 49.6 Å². The zero-order chi connectivity index (χ0) is 17.0. The van der Waals surface area contributed by atoms with E-state index < -0.39 is 0 Å². The van der Waals surface area contributed by atoms with Gasteiger partial charge in [-0.25, -0.2) is 0 Å². The SMILES string of the molecule is COC(O)=C1C=CC(C2(c3ccc(OC)cc3)CCCCC2)=CC1. The van der Waals surface area contributed by atoms with Crippen LogP contribution in [0.2, 0.25) is 0 Å². The highest BCUT2D eigenvalue weighted by Gasteiger charge is 2.37. The third-order valence-electron chi connectivity index (χ3n) is 5.38. The highest BCUT2D eigenvalue weighted by Crippen LogP contribution is 2.47. The first-order valence-corrected chi connectivity index (χ1v) is 8.69. The average molecular weight is 326 g/mol. The molecule has 0 radical (unpaired) electrons. The Morgan fingerprint density at radius 2 is 1.71 bits per heavy atom. The van der Waals surface area contributed by atoms with Crippen LogP contribution in [0.4, 0.5) is 0 Å². The zero-order valence-corrected chi connectivity index (χ0v) is 14.5. The molecule has 3 rings (SSSR count). The van der Waals surface area contributed by atoms with E-state index in [4.69, 9.17) is 9.47 Å². The maximum atomic E-state index is 9.78. The monoisotopic (exact) mass is 326 g/mol. The number of hydrogen-bond acceptors (Lipinski definition) is 3. The second-order valence-corrected chi connectivity index (χ2v) is 6.60. The maximum Gasteiger partial charge on any atom is 0.279 e. The first kappa shape index (κ1) is 16.7. The molecule has 1 N–H and O–H groups in total. The molecule has 128 valence electrons. The Kier molecular flexibility index (Phi) is 4.98. The quantitative estimate of drug-likeness (QED) is 0.773. The third kappa shape index (κ3) is 3.08. The predicted octanol–water partition coefficient (Wildman–Crippen LogP) is 5.20. The summed E-state index contributed by atoms with van der Waals surface area (Å²) >= 11 is 0. The van der Waals surface area contributed by atoms with Gasteiger partial charge in [-0.3, -0.25) is 0 Å². The summed E-state index contributed by atoms with van der Waals surface area (Å²) in [4.78, 5) is 0. The molecule has 1 aromatic rings. The van der Waals surface area contributed by atoms with Crippen molar-refractivity contribution in [2.45, 2.75) is 43.9 Å². The Bertz CT molecular complexity index is 659. The summed E-state index contributed by atoms with van der Waals surface area (Å²) in [6.45, 7) is 0. The molecule has 0 atom stereocenters. The lowest BCUT2D eigenvalue weighted by Crippen LogP contribution is -2.31. The summed E-state index contributed by atoms with van der Waals surface area (Å²) in [6.07, 6.45) is 13.3. The van der Waals surface area contributed by atoms with Crippen LogP contribution < -0.4 is 4.74 Å². The third-order valence-corrected chi connectivity index (χ3v) is 5.38. The lowest BCUT2D eigenvalue weighted by molar-refractivity contribution is 0.132. The number of aliphatic hydroxyl groups is 1.